The number of nitrogens with one attached hydrogen (secondary N) is 1. The molecule has 0 spiro atoms. The molecule has 10 heteroatoms. The van der Waals surface area contributed by atoms with Crippen molar-refractivity contribution in [3.8, 4) is 17.3 Å². The first-order valence-electron chi connectivity index (χ1n) is 7.79. The van der Waals surface area contributed by atoms with Crippen molar-refractivity contribution in [3.63, 3.8) is 0 Å². The second-order valence-corrected chi connectivity index (χ2v) is 6.09. The summed E-state index contributed by atoms with van der Waals surface area (Å²) in [5.41, 5.74) is 1.15. The zero-order valence-electron chi connectivity index (χ0n) is 14.4. The SMILES string of the molecule is COc1nnc(Cl)cc1NCc1ccc(-c2nc(C(F)(F)F)cn2C)cc1. The van der Waals surface area contributed by atoms with E-state index in [0.29, 0.717) is 23.7 Å². The Balaban J connectivity index is 1.75. The standard InChI is InChI=1S/C17H15ClF3N5O/c1-26-9-13(17(19,20)21)23-15(26)11-5-3-10(4-6-11)8-22-12-7-14(18)24-25-16(12)27-2/h3-7,9H,8H2,1-2H3,(H,22,24). The molecule has 0 saturated carbocycles. The van der Waals surface area contributed by atoms with E-state index in [-0.39, 0.29) is 11.0 Å². The van der Waals surface area contributed by atoms with Gasteiger partial charge in [0, 0.05) is 31.4 Å². The van der Waals surface area contributed by atoms with Gasteiger partial charge in [0.05, 0.1) is 7.11 Å². The number of rotatable bonds is 5. The summed E-state index contributed by atoms with van der Waals surface area (Å²) in [7, 11) is 3.00. The summed E-state index contributed by atoms with van der Waals surface area (Å²) in [4.78, 5) is 3.68. The molecule has 6 nitrogen and oxygen atoms in total. The summed E-state index contributed by atoms with van der Waals surface area (Å²) < 4.78 is 44.9. The molecule has 2 aromatic heterocycles. The minimum Gasteiger partial charge on any atom is -0.478 e. The zero-order chi connectivity index (χ0) is 19.6. The molecule has 0 fully saturated rings. The summed E-state index contributed by atoms with van der Waals surface area (Å²) in [6.45, 7) is 0.438. The molecule has 0 aliphatic rings. The quantitative estimate of drug-likeness (QED) is 0.700. The van der Waals surface area contributed by atoms with Gasteiger partial charge < -0.3 is 14.6 Å². The monoisotopic (exact) mass is 397 g/mol. The third-order valence-electron chi connectivity index (χ3n) is 3.79. The number of ether oxygens (including phenoxy) is 1. The van der Waals surface area contributed by atoms with E-state index in [9.17, 15) is 13.2 Å². The largest absolute Gasteiger partial charge is 0.478 e. The molecule has 3 aromatic rings. The van der Waals surface area contributed by atoms with Gasteiger partial charge >= 0.3 is 6.18 Å². The van der Waals surface area contributed by atoms with E-state index in [1.807, 2.05) is 0 Å². The molecule has 27 heavy (non-hydrogen) atoms. The Morgan fingerprint density at radius 3 is 2.48 bits per heavy atom. The highest BCUT2D eigenvalue weighted by molar-refractivity contribution is 6.29. The highest BCUT2D eigenvalue weighted by Gasteiger charge is 2.34. The molecule has 142 valence electrons. The van der Waals surface area contributed by atoms with E-state index in [1.165, 1.54) is 18.7 Å². The Morgan fingerprint density at radius 1 is 1.19 bits per heavy atom. The van der Waals surface area contributed by atoms with Gasteiger partial charge in [-0.25, -0.2) is 4.98 Å². The third kappa shape index (κ3) is 4.30. The predicted molar refractivity (Wildman–Crippen MR) is 94.6 cm³/mol. The Kier molecular flexibility index (Phi) is 5.22. The number of alkyl halides is 3. The van der Waals surface area contributed by atoms with Crippen LogP contribution in [-0.4, -0.2) is 26.9 Å². The zero-order valence-corrected chi connectivity index (χ0v) is 15.1. The fraction of sp³-hybridized carbons (Fsp3) is 0.235. The van der Waals surface area contributed by atoms with Crippen LogP contribution in [0, 0.1) is 0 Å². The maximum absolute atomic E-state index is 12.8. The maximum atomic E-state index is 12.8. The van der Waals surface area contributed by atoms with Crippen LogP contribution in [0.25, 0.3) is 11.4 Å². The minimum absolute atomic E-state index is 0.226. The van der Waals surface area contributed by atoms with Crippen molar-refractivity contribution in [3.05, 3.63) is 52.9 Å². The second kappa shape index (κ2) is 7.43. The Hall–Kier alpha value is -2.81. The lowest BCUT2D eigenvalue weighted by molar-refractivity contribution is -0.140. The van der Waals surface area contributed by atoms with Crippen molar-refractivity contribution in [1.29, 1.82) is 0 Å². The number of nitrogens with zero attached hydrogens (tertiary/aromatic N) is 4. The fourth-order valence-corrected chi connectivity index (χ4v) is 2.62. The molecule has 0 radical (unpaired) electrons. The molecular formula is C17H15ClF3N5O. The molecule has 0 amide bonds. The van der Waals surface area contributed by atoms with Gasteiger partial charge in [-0.1, -0.05) is 35.9 Å². The number of benzene rings is 1. The highest BCUT2D eigenvalue weighted by Crippen LogP contribution is 2.30. The lowest BCUT2D eigenvalue weighted by Gasteiger charge is -2.10. The fourth-order valence-electron chi connectivity index (χ4n) is 2.47. The first-order chi connectivity index (χ1) is 12.8. The third-order valence-corrected chi connectivity index (χ3v) is 3.97. The van der Waals surface area contributed by atoms with Crippen LogP contribution < -0.4 is 10.1 Å². The topological polar surface area (TPSA) is 64.9 Å². The molecule has 3 rings (SSSR count). The molecular weight excluding hydrogens is 383 g/mol. The Morgan fingerprint density at radius 2 is 1.89 bits per heavy atom. The highest BCUT2D eigenvalue weighted by atomic mass is 35.5. The van der Waals surface area contributed by atoms with Gasteiger partial charge in [0.2, 0.25) is 0 Å². The smallest absolute Gasteiger partial charge is 0.434 e. The molecule has 0 saturated heterocycles. The van der Waals surface area contributed by atoms with E-state index >= 15 is 0 Å². The maximum Gasteiger partial charge on any atom is 0.434 e. The van der Waals surface area contributed by atoms with Crippen LogP contribution >= 0.6 is 11.6 Å². The average Bonchev–Trinajstić information content (AvgIpc) is 3.03. The van der Waals surface area contributed by atoms with Crippen LogP contribution in [0.5, 0.6) is 5.88 Å². The summed E-state index contributed by atoms with van der Waals surface area (Å²) in [6.07, 6.45) is -3.50. The first-order valence-corrected chi connectivity index (χ1v) is 8.16. The van der Waals surface area contributed by atoms with E-state index in [2.05, 4.69) is 20.5 Å². The summed E-state index contributed by atoms with van der Waals surface area (Å²) in [6, 6.07) is 8.62. The molecule has 0 unspecified atom stereocenters. The first kappa shape index (κ1) is 19.0. The van der Waals surface area contributed by atoms with Gasteiger partial charge in [0.15, 0.2) is 10.8 Å². The lowest BCUT2D eigenvalue weighted by Crippen LogP contribution is -2.05. The van der Waals surface area contributed by atoms with Gasteiger partial charge in [-0.05, 0) is 5.56 Å². The van der Waals surface area contributed by atoms with Crippen molar-refractivity contribution in [2.24, 2.45) is 7.05 Å². The molecule has 1 N–H and O–H groups in total. The molecule has 2 heterocycles. The Bertz CT molecular complexity index is 941. The molecule has 0 bridgehead atoms. The van der Waals surface area contributed by atoms with E-state index in [0.717, 1.165) is 11.8 Å². The number of hydrogen-bond donors (Lipinski definition) is 1. The molecule has 0 aliphatic carbocycles. The van der Waals surface area contributed by atoms with Crippen molar-refractivity contribution in [2.45, 2.75) is 12.7 Å². The minimum atomic E-state index is -4.47. The lowest BCUT2D eigenvalue weighted by atomic mass is 10.1. The molecule has 0 aliphatic heterocycles. The van der Waals surface area contributed by atoms with Crippen LogP contribution in [0.4, 0.5) is 18.9 Å². The summed E-state index contributed by atoms with van der Waals surface area (Å²) >= 11 is 5.83. The number of anilines is 1. The van der Waals surface area contributed by atoms with Gasteiger partial charge in [-0.2, -0.15) is 13.2 Å². The van der Waals surface area contributed by atoms with Crippen molar-refractivity contribution >= 4 is 17.3 Å². The average molecular weight is 398 g/mol. The number of imidazole rings is 1. The van der Waals surface area contributed by atoms with E-state index in [4.69, 9.17) is 16.3 Å². The molecule has 1 aromatic carbocycles. The number of aromatic nitrogens is 4. The van der Waals surface area contributed by atoms with Crippen LogP contribution in [0.1, 0.15) is 11.3 Å². The van der Waals surface area contributed by atoms with Crippen molar-refractivity contribution < 1.29 is 17.9 Å². The molecule has 0 atom stereocenters. The van der Waals surface area contributed by atoms with Gasteiger partial charge in [0.25, 0.3) is 5.88 Å². The van der Waals surface area contributed by atoms with Crippen LogP contribution in [0.3, 0.4) is 0 Å². The summed E-state index contributed by atoms with van der Waals surface area (Å²) in [5.74, 6) is 0.553. The normalized spacial score (nSPS) is 11.5. The predicted octanol–water partition coefficient (Wildman–Crippen LogP) is 4.17. The number of hydrogen-bond acceptors (Lipinski definition) is 5. The Labute approximate surface area is 158 Å². The van der Waals surface area contributed by atoms with E-state index < -0.39 is 11.9 Å². The number of aryl methyl sites for hydroxylation is 1. The summed E-state index contributed by atoms with van der Waals surface area (Å²) in [5, 5.41) is 10.9. The number of halogens is 4. The van der Waals surface area contributed by atoms with Crippen LogP contribution in [0.2, 0.25) is 5.15 Å². The van der Waals surface area contributed by atoms with Crippen LogP contribution in [-0.2, 0) is 19.8 Å². The van der Waals surface area contributed by atoms with E-state index in [1.54, 1.807) is 30.3 Å². The van der Waals surface area contributed by atoms with Crippen molar-refractivity contribution in [1.82, 2.24) is 19.7 Å². The van der Waals surface area contributed by atoms with Gasteiger partial charge in [-0.15, -0.1) is 10.2 Å². The van der Waals surface area contributed by atoms with Crippen molar-refractivity contribution in [2.75, 3.05) is 12.4 Å². The van der Waals surface area contributed by atoms with Gasteiger partial charge in [0.1, 0.15) is 11.5 Å². The number of methoxy groups -OCH3 is 1. The second-order valence-electron chi connectivity index (χ2n) is 5.70. The van der Waals surface area contributed by atoms with Crippen LogP contribution in [0.15, 0.2) is 36.5 Å². The van der Waals surface area contributed by atoms with Gasteiger partial charge in [-0.3, -0.25) is 0 Å².